The van der Waals surface area contributed by atoms with Crippen LogP contribution in [0.5, 0.6) is 0 Å². The monoisotopic (exact) mass is 293 g/mol. The van der Waals surface area contributed by atoms with Crippen LogP contribution in [0.25, 0.3) is 21.0 Å². The summed E-state index contributed by atoms with van der Waals surface area (Å²) in [5.74, 6) is 0.722. The molecular weight excluding hydrogens is 286 g/mol. The van der Waals surface area contributed by atoms with Gasteiger partial charge in [-0.15, -0.1) is 11.3 Å². The lowest BCUT2D eigenvalue weighted by Crippen LogP contribution is -1.95. The number of nitrogens with one attached hydrogen (secondary N) is 1. The highest BCUT2D eigenvalue weighted by atomic mass is 32.1. The fourth-order valence-corrected chi connectivity index (χ4v) is 2.67. The van der Waals surface area contributed by atoms with Gasteiger partial charge in [-0.2, -0.15) is 15.6 Å². The van der Waals surface area contributed by atoms with E-state index in [1.165, 1.54) is 11.3 Å². The molecule has 6 nitrogen and oxygen atoms in total. The second-order valence-corrected chi connectivity index (χ2v) is 5.01. The lowest BCUT2D eigenvalue weighted by molar-refractivity contribution is 0.582. The Morgan fingerprint density at radius 2 is 2.14 bits per heavy atom. The van der Waals surface area contributed by atoms with E-state index in [1.54, 1.807) is 24.5 Å². The lowest BCUT2D eigenvalue weighted by Gasteiger charge is -1.98. The van der Waals surface area contributed by atoms with Crippen LogP contribution in [0.3, 0.4) is 0 Å². The molecule has 2 heterocycles. The number of hydrazone groups is 1. The van der Waals surface area contributed by atoms with E-state index in [1.807, 2.05) is 24.3 Å². The molecule has 0 bridgehead atoms. The van der Waals surface area contributed by atoms with Crippen LogP contribution in [-0.2, 0) is 0 Å². The summed E-state index contributed by atoms with van der Waals surface area (Å²) in [4.78, 5) is 4.48. The number of benzene rings is 1. The normalized spacial score (nSPS) is 9.81. The molecule has 0 saturated carbocycles. The molecule has 0 aliphatic heterocycles. The predicted octanol–water partition coefficient (Wildman–Crippen LogP) is 3.37. The topological polar surface area (TPSA) is 98.0 Å². The Kier molecular flexibility index (Phi) is 3.34. The van der Waals surface area contributed by atoms with Crippen molar-refractivity contribution >= 4 is 33.0 Å². The van der Waals surface area contributed by atoms with Crippen LogP contribution in [0.4, 0.5) is 5.69 Å². The molecule has 2 aromatic heterocycles. The maximum atomic E-state index is 8.62. The van der Waals surface area contributed by atoms with Crippen molar-refractivity contribution in [3.63, 3.8) is 0 Å². The molecule has 3 rings (SSSR count). The minimum Gasteiger partial charge on any atom is -0.462 e. The summed E-state index contributed by atoms with van der Waals surface area (Å²) in [6.07, 6.45) is 1.61. The maximum absolute atomic E-state index is 8.62. The lowest BCUT2D eigenvalue weighted by atomic mass is 10.3. The highest BCUT2D eigenvalue weighted by Crippen LogP contribution is 2.31. The zero-order valence-corrected chi connectivity index (χ0v) is 11.4. The van der Waals surface area contributed by atoms with Crippen LogP contribution in [0.1, 0.15) is 0 Å². The van der Waals surface area contributed by atoms with E-state index in [2.05, 4.69) is 15.5 Å². The first-order chi connectivity index (χ1) is 10.3. The molecule has 0 saturated heterocycles. The summed E-state index contributed by atoms with van der Waals surface area (Å²) < 4.78 is 6.28. The number of nitrogens with zero attached hydrogens (tertiary/aromatic N) is 4. The molecule has 0 spiro atoms. The third kappa shape index (κ3) is 2.59. The Hall–Kier alpha value is -3.16. The van der Waals surface area contributed by atoms with Gasteiger partial charge < -0.3 is 4.42 Å². The van der Waals surface area contributed by atoms with Crippen molar-refractivity contribution in [3.05, 3.63) is 36.6 Å². The van der Waals surface area contributed by atoms with Gasteiger partial charge in [0.1, 0.15) is 12.1 Å². The summed E-state index contributed by atoms with van der Waals surface area (Å²) in [5.41, 5.74) is 3.98. The first kappa shape index (κ1) is 12.9. The minimum absolute atomic E-state index is 0.226. The van der Waals surface area contributed by atoms with Crippen molar-refractivity contribution in [2.75, 3.05) is 5.43 Å². The van der Waals surface area contributed by atoms with Crippen molar-refractivity contribution in [1.29, 1.82) is 10.5 Å². The largest absolute Gasteiger partial charge is 0.462 e. The number of rotatable bonds is 3. The van der Waals surface area contributed by atoms with Gasteiger partial charge in [0, 0.05) is 0 Å². The van der Waals surface area contributed by atoms with Crippen LogP contribution in [0.15, 0.2) is 46.1 Å². The first-order valence-corrected chi connectivity index (χ1v) is 6.70. The van der Waals surface area contributed by atoms with Gasteiger partial charge >= 0.3 is 0 Å². The molecule has 7 heteroatoms. The minimum atomic E-state index is -0.226. The molecule has 0 fully saturated rings. The number of hydrogen-bond acceptors (Lipinski definition) is 7. The first-order valence-electron chi connectivity index (χ1n) is 5.88. The van der Waals surface area contributed by atoms with E-state index >= 15 is 0 Å². The van der Waals surface area contributed by atoms with Gasteiger partial charge in [0.05, 0.1) is 22.2 Å². The number of fused-ring (bicyclic) bond motifs is 1. The smallest absolute Gasteiger partial charge is 0.237 e. The second-order valence-electron chi connectivity index (χ2n) is 3.97. The molecule has 0 aliphatic rings. The predicted molar refractivity (Wildman–Crippen MR) is 79.6 cm³/mol. The molecule has 100 valence electrons. The van der Waals surface area contributed by atoms with E-state index in [4.69, 9.17) is 14.9 Å². The van der Waals surface area contributed by atoms with E-state index in [-0.39, 0.29) is 5.71 Å². The van der Waals surface area contributed by atoms with Gasteiger partial charge in [-0.3, -0.25) is 5.43 Å². The number of aromatic nitrogens is 1. The molecule has 1 N–H and O–H groups in total. The van der Waals surface area contributed by atoms with Crippen molar-refractivity contribution in [2.24, 2.45) is 5.10 Å². The van der Waals surface area contributed by atoms with Crippen LogP contribution >= 0.6 is 11.3 Å². The summed E-state index contributed by atoms with van der Waals surface area (Å²) in [7, 11) is 0. The molecule has 3 aromatic rings. The highest BCUT2D eigenvalue weighted by molar-refractivity contribution is 7.21. The third-order valence-electron chi connectivity index (χ3n) is 2.63. The number of furan rings is 1. The van der Waals surface area contributed by atoms with E-state index in [9.17, 15) is 0 Å². The molecular formula is C14H7N5OS. The van der Waals surface area contributed by atoms with Crippen molar-refractivity contribution in [3.8, 4) is 22.9 Å². The number of anilines is 1. The summed E-state index contributed by atoms with van der Waals surface area (Å²) >= 11 is 1.49. The Labute approximate surface area is 123 Å². The average Bonchev–Trinajstić information content (AvgIpc) is 3.16. The zero-order valence-electron chi connectivity index (χ0n) is 10.6. The van der Waals surface area contributed by atoms with Crippen LogP contribution in [0, 0.1) is 22.7 Å². The van der Waals surface area contributed by atoms with Gasteiger partial charge in [-0.05, 0) is 30.3 Å². The van der Waals surface area contributed by atoms with Gasteiger partial charge in [-0.25, -0.2) is 4.98 Å². The van der Waals surface area contributed by atoms with E-state index in [0.717, 1.165) is 21.0 Å². The van der Waals surface area contributed by atoms with Gasteiger partial charge in [0.25, 0.3) is 0 Å². The van der Waals surface area contributed by atoms with Gasteiger partial charge in [0.15, 0.2) is 10.8 Å². The molecule has 0 amide bonds. The number of hydrogen-bond donors (Lipinski definition) is 1. The van der Waals surface area contributed by atoms with Gasteiger partial charge in [0.2, 0.25) is 5.71 Å². The van der Waals surface area contributed by atoms with Crippen molar-refractivity contribution < 1.29 is 4.42 Å². The van der Waals surface area contributed by atoms with E-state index in [0.29, 0.717) is 5.69 Å². The Balaban J connectivity index is 1.93. The fourth-order valence-electron chi connectivity index (χ4n) is 1.70. The van der Waals surface area contributed by atoms with Crippen LogP contribution in [-0.4, -0.2) is 10.7 Å². The van der Waals surface area contributed by atoms with Crippen LogP contribution in [0.2, 0.25) is 0 Å². The standard InChI is InChI=1S/C14H7N5OS/c15-7-10(8-16)19-18-9-3-4-11-13(6-9)21-14(17-11)12-2-1-5-20-12/h1-6,18H. The average molecular weight is 293 g/mol. The fraction of sp³-hybridized carbons (Fsp3) is 0. The molecule has 0 radical (unpaired) electrons. The third-order valence-corrected chi connectivity index (χ3v) is 3.66. The van der Waals surface area contributed by atoms with E-state index < -0.39 is 0 Å². The van der Waals surface area contributed by atoms with Gasteiger partial charge in [-0.1, -0.05) is 0 Å². The summed E-state index contributed by atoms with van der Waals surface area (Å²) in [5, 5.41) is 21.7. The SMILES string of the molecule is N#CC(C#N)=NNc1ccc2nc(-c3ccco3)sc2c1. The molecule has 21 heavy (non-hydrogen) atoms. The molecule has 1 aromatic carbocycles. The summed E-state index contributed by atoms with van der Waals surface area (Å²) in [6.45, 7) is 0. The van der Waals surface area contributed by atoms with Crippen LogP contribution < -0.4 is 5.43 Å². The molecule has 0 unspecified atom stereocenters. The summed E-state index contributed by atoms with van der Waals surface area (Å²) in [6, 6.07) is 12.5. The Morgan fingerprint density at radius 1 is 1.29 bits per heavy atom. The number of nitriles is 2. The quantitative estimate of drug-likeness (QED) is 0.589. The zero-order chi connectivity index (χ0) is 14.7. The molecule has 0 aliphatic carbocycles. The second kappa shape index (κ2) is 5.45. The highest BCUT2D eigenvalue weighted by Gasteiger charge is 2.08. The molecule has 0 atom stereocenters. The maximum Gasteiger partial charge on any atom is 0.237 e. The Morgan fingerprint density at radius 3 is 2.86 bits per heavy atom. The van der Waals surface area contributed by atoms with Crippen molar-refractivity contribution in [2.45, 2.75) is 0 Å². The Bertz CT molecular complexity index is 880. The number of thiazole rings is 1. The van der Waals surface area contributed by atoms with Crippen molar-refractivity contribution in [1.82, 2.24) is 4.98 Å².